The molecular weight excluding hydrogens is 380 g/mol. The van der Waals surface area contributed by atoms with Crippen LogP contribution < -0.4 is 9.47 Å². The summed E-state index contributed by atoms with van der Waals surface area (Å²) >= 11 is 6.10. The third-order valence-electron chi connectivity index (χ3n) is 3.66. The van der Waals surface area contributed by atoms with Gasteiger partial charge in [-0.05, 0) is 36.4 Å². The van der Waals surface area contributed by atoms with Crippen molar-refractivity contribution in [1.29, 1.82) is 0 Å². The molecule has 0 fully saturated rings. The van der Waals surface area contributed by atoms with Crippen molar-refractivity contribution in [1.82, 2.24) is 4.98 Å². The minimum atomic E-state index is -1.30. The summed E-state index contributed by atoms with van der Waals surface area (Å²) in [6.07, 6.45) is 0. The number of aromatic carboxylic acids is 1. The first-order chi connectivity index (χ1) is 12.9. The van der Waals surface area contributed by atoms with Crippen molar-refractivity contribution in [3.63, 3.8) is 0 Å². The standard InChI is InChI=1S/C19H12ClF2NO4/c1-26-10-5-8-16(13(20)9-10)27-18-12(19(24)25)6-7-15(23-18)11-3-2-4-14(21)17(11)22/h2-9H,1H3,(H,24,25). The summed E-state index contributed by atoms with van der Waals surface area (Å²) in [4.78, 5) is 15.5. The van der Waals surface area contributed by atoms with Gasteiger partial charge in [0.15, 0.2) is 11.6 Å². The Kier molecular flexibility index (Phi) is 5.23. The van der Waals surface area contributed by atoms with Gasteiger partial charge in [0.2, 0.25) is 5.88 Å². The second-order valence-corrected chi connectivity index (χ2v) is 5.76. The quantitative estimate of drug-likeness (QED) is 0.649. The van der Waals surface area contributed by atoms with Crippen LogP contribution in [-0.2, 0) is 0 Å². The molecule has 0 spiro atoms. The van der Waals surface area contributed by atoms with Crippen LogP contribution in [0, 0.1) is 11.6 Å². The van der Waals surface area contributed by atoms with Gasteiger partial charge in [-0.15, -0.1) is 0 Å². The van der Waals surface area contributed by atoms with Crippen LogP contribution in [-0.4, -0.2) is 23.2 Å². The number of carboxylic acids is 1. The van der Waals surface area contributed by atoms with Crippen molar-refractivity contribution in [2.45, 2.75) is 0 Å². The molecule has 0 amide bonds. The van der Waals surface area contributed by atoms with Crippen LogP contribution in [0.4, 0.5) is 8.78 Å². The highest BCUT2D eigenvalue weighted by atomic mass is 35.5. The van der Waals surface area contributed by atoms with Crippen LogP contribution in [0.3, 0.4) is 0 Å². The molecule has 0 saturated carbocycles. The van der Waals surface area contributed by atoms with Gasteiger partial charge in [0.05, 0.1) is 17.8 Å². The number of rotatable bonds is 5. The number of pyridine rings is 1. The van der Waals surface area contributed by atoms with E-state index in [1.165, 1.54) is 43.5 Å². The van der Waals surface area contributed by atoms with Crippen molar-refractivity contribution in [3.05, 3.63) is 70.8 Å². The number of methoxy groups -OCH3 is 1. The fourth-order valence-electron chi connectivity index (χ4n) is 2.33. The SMILES string of the molecule is COc1ccc(Oc2nc(-c3cccc(F)c3F)ccc2C(=O)O)c(Cl)c1. The van der Waals surface area contributed by atoms with E-state index in [-0.39, 0.29) is 33.5 Å². The normalized spacial score (nSPS) is 10.5. The molecule has 8 heteroatoms. The Balaban J connectivity index is 2.08. The molecular formula is C19H12ClF2NO4. The Morgan fingerprint density at radius 2 is 1.93 bits per heavy atom. The van der Waals surface area contributed by atoms with Crippen LogP contribution >= 0.6 is 11.6 Å². The summed E-state index contributed by atoms with van der Waals surface area (Å²) in [5, 5.41) is 9.51. The van der Waals surface area contributed by atoms with Gasteiger partial charge in [-0.3, -0.25) is 0 Å². The van der Waals surface area contributed by atoms with E-state index < -0.39 is 17.6 Å². The molecule has 3 rings (SSSR count). The summed E-state index contributed by atoms with van der Waals surface area (Å²) in [5.41, 5.74) is -0.378. The van der Waals surface area contributed by atoms with E-state index in [9.17, 15) is 18.7 Å². The highest BCUT2D eigenvalue weighted by molar-refractivity contribution is 6.32. The lowest BCUT2D eigenvalue weighted by Gasteiger charge is -2.12. The van der Waals surface area contributed by atoms with E-state index in [2.05, 4.69) is 4.98 Å². The summed E-state index contributed by atoms with van der Waals surface area (Å²) in [7, 11) is 1.47. The van der Waals surface area contributed by atoms with Gasteiger partial charge in [0.1, 0.15) is 17.1 Å². The molecule has 0 bridgehead atoms. The van der Waals surface area contributed by atoms with Crippen LogP contribution in [0.15, 0.2) is 48.5 Å². The Hall–Kier alpha value is -3.19. The third kappa shape index (κ3) is 3.83. The van der Waals surface area contributed by atoms with Gasteiger partial charge in [0, 0.05) is 11.6 Å². The van der Waals surface area contributed by atoms with Crippen molar-refractivity contribution in [2.24, 2.45) is 0 Å². The number of aromatic nitrogens is 1. The maximum atomic E-state index is 14.0. The Morgan fingerprint density at radius 3 is 2.59 bits per heavy atom. The van der Waals surface area contributed by atoms with E-state index in [1.807, 2.05) is 0 Å². The predicted molar refractivity (Wildman–Crippen MR) is 94.6 cm³/mol. The van der Waals surface area contributed by atoms with Gasteiger partial charge in [-0.25, -0.2) is 18.6 Å². The average Bonchev–Trinajstić information content (AvgIpc) is 2.65. The highest BCUT2D eigenvalue weighted by Crippen LogP contribution is 2.34. The van der Waals surface area contributed by atoms with E-state index in [0.717, 1.165) is 6.07 Å². The van der Waals surface area contributed by atoms with Gasteiger partial charge in [-0.2, -0.15) is 0 Å². The maximum Gasteiger partial charge on any atom is 0.341 e. The number of hydrogen-bond acceptors (Lipinski definition) is 4. The van der Waals surface area contributed by atoms with Gasteiger partial charge >= 0.3 is 5.97 Å². The van der Waals surface area contributed by atoms with Crippen LogP contribution in [0.2, 0.25) is 5.02 Å². The molecule has 0 unspecified atom stereocenters. The lowest BCUT2D eigenvalue weighted by molar-refractivity contribution is 0.0693. The lowest BCUT2D eigenvalue weighted by atomic mass is 10.1. The third-order valence-corrected chi connectivity index (χ3v) is 3.96. The largest absolute Gasteiger partial charge is 0.497 e. The summed E-state index contributed by atoms with van der Waals surface area (Å²) in [6, 6.07) is 10.6. The van der Waals surface area contributed by atoms with Crippen molar-refractivity contribution >= 4 is 17.6 Å². The topological polar surface area (TPSA) is 68.7 Å². The van der Waals surface area contributed by atoms with Gasteiger partial charge in [-0.1, -0.05) is 17.7 Å². The zero-order valence-electron chi connectivity index (χ0n) is 13.9. The first-order valence-corrected chi connectivity index (χ1v) is 7.98. The molecule has 0 saturated heterocycles. The van der Waals surface area contributed by atoms with E-state index >= 15 is 0 Å². The van der Waals surface area contributed by atoms with Gasteiger partial charge < -0.3 is 14.6 Å². The number of nitrogens with zero attached hydrogens (tertiary/aromatic N) is 1. The fourth-order valence-corrected chi connectivity index (χ4v) is 2.54. The molecule has 0 radical (unpaired) electrons. The second-order valence-electron chi connectivity index (χ2n) is 5.35. The molecule has 5 nitrogen and oxygen atoms in total. The van der Waals surface area contributed by atoms with Crippen molar-refractivity contribution in [3.8, 4) is 28.6 Å². The molecule has 0 aliphatic carbocycles. The fraction of sp³-hybridized carbons (Fsp3) is 0.0526. The van der Waals surface area contributed by atoms with Crippen LogP contribution in [0.5, 0.6) is 17.4 Å². The van der Waals surface area contributed by atoms with Crippen molar-refractivity contribution < 1.29 is 28.2 Å². The lowest BCUT2D eigenvalue weighted by Crippen LogP contribution is -2.04. The Bertz CT molecular complexity index is 1030. The predicted octanol–water partition coefficient (Wildman–Crippen LogP) is 5.18. The maximum absolute atomic E-state index is 14.0. The molecule has 27 heavy (non-hydrogen) atoms. The minimum Gasteiger partial charge on any atom is -0.497 e. The molecule has 138 valence electrons. The number of benzene rings is 2. The molecule has 3 aromatic rings. The average molecular weight is 392 g/mol. The molecule has 0 aliphatic rings. The zero-order valence-corrected chi connectivity index (χ0v) is 14.6. The second kappa shape index (κ2) is 7.59. The molecule has 2 aromatic carbocycles. The van der Waals surface area contributed by atoms with E-state index in [1.54, 1.807) is 6.07 Å². The Labute approximate surface area is 157 Å². The van der Waals surface area contributed by atoms with Crippen molar-refractivity contribution in [2.75, 3.05) is 7.11 Å². The first kappa shape index (κ1) is 18.6. The summed E-state index contributed by atoms with van der Waals surface area (Å²) in [5.74, 6) is -3.14. The number of carboxylic acid groups (broad SMARTS) is 1. The minimum absolute atomic E-state index is 0.0108. The monoisotopic (exact) mass is 391 g/mol. The molecule has 1 aromatic heterocycles. The Morgan fingerprint density at radius 1 is 1.15 bits per heavy atom. The number of hydrogen-bond donors (Lipinski definition) is 1. The van der Waals surface area contributed by atoms with Crippen LogP contribution in [0.1, 0.15) is 10.4 Å². The molecule has 1 heterocycles. The number of halogens is 3. The van der Waals surface area contributed by atoms with E-state index in [4.69, 9.17) is 21.1 Å². The number of ether oxygens (including phenoxy) is 2. The summed E-state index contributed by atoms with van der Waals surface area (Å²) < 4.78 is 38.1. The van der Waals surface area contributed by atoms with E-state index in [0.29, 0.717) is 5.75 Å². The molecule has 0 aliphatic heterocycles. The zero-order chi connectivity index (χ0) is 19.6. The number of carbonyl (C=O) groups is 1. The van der Waals surface area contributed by atoms with Crippen LogP contribution in [0.25, 0.3) is 11.3 Å². The molecule has 0 atom stereocenters. The van der Waals surface area contributed by atoms with Gasteiger partial charge in [0.25, 0.3) is 0 Å². The smallest absolute Gasteiger partial charge is 0.341 e. The molecule has 1 N–H and O–H groups in total. The highest BCUT2D eigenvalue weighted by Gasteiger charge is 2.19. The first-order valence-electron chi connectivity index (χ1n) is 7.61. The summed E-state index contributed by atoms with van der Waals surface area (Å²) in [6.45, 7) is 0.